The van der Waals surface area contributed by atoms with Crippen molar-refractivity contribution < 1.29 is 19.1 Å². The molecular formula is C25H34N4O4. The van der Waals surface area contributed by atoms with Crippen LogP contribution in [-0.4, -0.2) is 62.8 Å². The summed E-state index contributed by atoms with van der Waals surface area (Å²) in [5.74, 6) is 1.39. The van der Waals surface area contributed by atoms with Crippen molar-refractivity contribution in [3.8, 4) is 11.5 Å². The topological polar surface area (TPSA) is 91.9 Å². The van der Waals surface area contributed by atoms with Crippen molar-refractivity contribution in [2.45, 2.75) is 38.3 Å². The van der Waals surface area contributed by atoms with Gasteiger partial charge in [-0.05, 0) is 56.0 Å². The standard InChI is InChI=1S/C25H34N4O4/c1-18(24(30)26-14-11-19-9-10-22(32-2)23(17-19)33-3)29-15-12-21(13-16-29)28-25(31)27-20-7-5-4-6-8-20/h4-10,17-18,21H,11-16H2,1-3H3,(H,26,30)(H2,27,28,31). The lowest BCUT2D eigenvalue weighted by Gasteiger charge is -2.35. The highest BCUT2D eigenvalue weighted by Gasteiger charge is 2.27. The van der Waals surface area contributed by atoms with Gasteiger partial charge in [0.25, 0.3) is 0 Å². The summed E-state index contributed by atoms with van der Waals surface area (Å²) in [4.78, 5) is 27.0. The summed E-state index contributed by atoms with van der Waals surface area (Å²) in [5, 5.41) is 8.91. The second-order valence-corrected chi connectivity index (χ2v) is 8.18. The molecule has 0 bridgehead atoms. The Hall–Kier alpha value is -3.26. The van der Waals surface area contributed by atoms with Crippen LogP contribution in [0.15, 0.2) is 48.5 Å². The maximum Gasteiger partial charge on any atom is 0.319 e. The Morgan fingerprint density at radius 2 is 1.73 bits per heavy atom. The maximum absolute atomic E-state index is 12.6. The number of hydrogen-bond acceptors (Lipinski definition) is 5. The summed E-state index contributed by atoms with van der Waals surface area (Å²) < 4.78 is 10.6. The third-order valence-electron chi connectivity index (χ3n) is 5.98. The molecular weight excluding hydrogens is 420 g/mol. The molecule has 0 radical (unpaired) electrons. The van der Waals surface area contributed by atoms with Crippen LogP contribution in [0.4, 0.5) is 10.5 Å². The molecule has 0 aromatic heterocycles. The third kappa shape index (κ3) is 7.12. The highest BCUT2D eigenvalue weighted by molar-refractivity contribution is 5.89. The summed E-state index contributed by atoms with van der Waals surface area (Å²) in [7, 11) is 3.22. The number of urea groups is 1. The fraction of sp³-hybridized carbons (Fsp3) is 0.440. The Labute approximate surface area is 195 Å². The number of carbonyl (C=O) groups is 2. The molecule has 1 aliphatic heterocycles. The summed E-state index contributed by atoms with van der Waals surface area (Å²) in [6.07, 6.45) is 2.33. The number of nitrogens with zero attached hydrogens (tertiary/aromatic N) is 1. The number of ether oxygens (including phenoxy) is 2. The Morgan fingerprint density at radius 3 is 2.39 bits per heavy atom. The van der Waals surface area contributed by atoms with Crippen molar-refractivity contribution in [2.24, 2.45) is 0 Å². The van der Waals surface area contributed by atoms with E-state index in [0.717, 1.165) is 37.2 Å². The average Bonchev–Trinajstić information content (AvgIpc) is 2.84. The number of para-hydroxylation sites is 1. The van der Waals surface area contributed by atoms with Gasteiger partial charge in [0.05, 0.1) is 20.3 Å². The zero-order valence-corrected chi connectivity index (χ0v) is 19.6. The molecule has 2 aromatic rings. The number of methoxy groups -OCH3 is 2. The Kier molecular flexibility index (Phi) is 8.95. The molecule has 8 heteroatoms. The molecule has 1 unspecified atom stereocenters. The van der Waals surface area contributed by atoms with Gasteiger partial charge in [0.15, 0.2) is 11.5 Å². The first kappa shape index (κ1) is 24.4. The zero-order valence-electron chi connectivity index (χ0n) is 19.6. The molecule has 0 spiro atoms. The van der Waals surface area contributed by atoms with Gasteiger partial charge in [-0.25, -0.2) is 4.79 Å². The fourth-order valence-electron chi connectivity index (χ4n) is 3.98. The number of piperidine rings is 1. The molecule has 178 valence electrons. The highest BCUT2D eigenvalue weighted by atomic mass is 16.5. The van der Waals surface area contributed by atoms with Gasteiger partial charge in [-0.3, -0.25) is 9.69 Å². The van der Waals surface area contributed by atoms with Crippen molar-refractivity contribution in [1.29, 1.82) is 0 Å². The minimum atomic E-state index is -0.213. The molecule has 3 N–H and O–H groups in total. The molecule has 3 rings (SSSR count). The monoisotopic (exact) mass is 454 g/mol. The van der Waals surface area contributed by atoms with E-state index in [9.17, 15) is 9.59 Å². The first-order chi connectivity index (χ1) is 16.0. The minimum absolute atomic E-state index is 0.0173. The largest absolute Gasteiger partial charge is 0.493 e. The van der Waals surface area contributed by atoms with Gasteiger partial charge < -0.3 is 25.4 Å². The van der Waals surface area contributed by atoms with E-state index in [1.807, 2.05) is 55.5 Å². The summed E-state index contributed by atoms with van der Waals surface area (Å²) in [6, 6.07) is 14.9. The van der Waals surface area contributed by atoms with E-state index in [-0.39, 0.29) is 24.0 Å². The summed E-state index contributed by atoms with van der Waals surface area (Å²) in [5.41, 5.74) is 1.84. The molecule has 33 heavy (non-hydrogen) atoms. The summed E-state index contributed by atoms with van der Waals surface area (Å²) in [6.45, 7) is 4.01. The van der Waals surface area contributed by atoms with Crippen LogP contribution in [-0.2, 0) is 11.2 Å². The smallest absolute Gasteiger partial charge is 0.319 e. The third-order valence-corrected chi connectivity index (χ3v) is 5.98. The number of anilines is 1. The predicted molar refractivity (Wildman–Crippen MR) is 129 cm³/mol. The van der Waals surface area contributed by atoms with Crippen LogP contribution in [0.1, 0.15) is 25.3 Å². The van der Waals surface area contributed by atoms with Gasteiger partial charge in [-0.1, -0.05) is 24.3 Å². The van der Waals surface area contributed by atoms with Gasteiger partial charge in [0, 0.05) is 31.4 Å². The quantitative estimate of drug-likeness (QED) is 0.542. The number of rotatable bonds is 9. The summed E-state index contributed by atoms with van der Waals surface area (Å²) >= 11 is 0. The van der Waals surface area contributed by atoms with Gasteiger partial charge in [-0.2, -0.15) is 0 Å². The Balaban J connectivity index is 1.38. The van der Waals surface area contributed by atoms with Crippen molar-refractivity contribution in [2.75, 3.05) is 39.2 Å². The normalized spacial score (nSPS) is 15.4. The lowest BCUT2D eigenvalue weighted by atomic mass is 10.0. The molecule has 0 saturated carbocycles. The number of likely N-dealkylation sites (tertiary alicyclic amines) is 1. The highest BCUT2D eigenvalue weighted by Crippen LogP contribution is 2.27. The number of hydrogen-bond donors (Lipinski definition) is 3. The maximum atomic E-state index is 12.6. The number of benzene rings is 2. The van der Waals surface area contributed by atoms with Crippen LogP contribution in [0.3, 0.4) is 0 Å². The van der Waals surface area contributed by atoms with E-state index in [0.29, 0.717) is 24.5 Å². The van der Waals surface area contributed by atoms with E-state index in [4.69, 9.17) is 9.47 Å². The SMILES string of the molecule is COc1ccc(CCNC(=O)C(C)N2CCC(NC(=O)Nc3ccccc3)CC2)cc1OC. The van der Waals surface area contributed by atoms with Crippen LogP contribution < -0.4 is 25.4 Å². The lowest BCUT2D eigenvalue weighted by Crippen LogP contribution is -2.52. The predicted octanol–water partition coefficient (Wildman–Crippen LogP) is 3.04. The van der Waals surface area contributed by atoms with E-state index in [1.165, 1.54) is 0 Å². The second kappa shape index (κ2) is 12.1. The van der Waals surface area contributed by atoms with Crippen molar-refractivity contribution in [3.05, 3.63) is 54.1 Å². The number of carbonyl (C=O) groups excluding carboxylic acids is 2. The van der Waals surface area contributed by atoms with Crippen LogP contribution in [0.5, 0.6) is 11.5 Å². The van der Waals surface area contributed by atoms with Crippen LogP contribution in [0.2, 0.25) is 0 Å². The fourth-order valence-corrected chi connectivity index (χ4v) is 3.98. The molecule has 2 aromatic carbocycles. The van der Waals surface area contributed by atoms with E-state index >= 15 is 0 Å². The first-order valence-corrected chi connectivity index (χ1v) is 11.4. The average molecular weight is 455 g/mol. The van der Waals surface area contributed by atoms with Crippen LogP contribution >= 0.6 is 0 Å². The van der Waals surface area contributed by atoms with Gasteiger partial charge in [0.2, 0.25) is 5.91 Å². The molecule has 1 aliphatic rings. The lowest BCUT2D eigenvalue weighted by molar-refractivity contribution is -0.126. The van der Waals surface area contributed by atoms with Gasteiger partial charge in [-0.15, -0.1) is 0 Å². The molecule has 1 saturated heterocycles. The molecule has 1 atom stereocenters. The molecule has 1 heterocycles. The zero-order chi connectivity index (χ0) is 23.6. The molecule has 0 aliphatic carbocycles. The minimum Gasteiger partial charge on any atom is -0.493 e. The van der Waals surface area contributed by atoms with Gasteiger partial charge in [0.1, 0.15) is 0 Å². The second-order valence-electron chi connectivity index (χ2n) is 8.18. The van der Waals surface area contributed by atoms with E-state index in [2.05, 4.69) is 20.9 Å². The van der Waals surface area contributed by atoms with Crippen molar-refractivity contribution in [3.63, 3.8) is 0 Å². The Bertz CT molecular complexity index is 914. The number of amides is 3. The Morgan fingerprint density at radius 1 is 1.03 bits per heavy atom. The molecule has 1 fully saturated rings. The van der Waals surface area contributed by atoms with E-state index < -0.39 is 0 Å². The van der Waals surface area contributed by atoms with Crippen molar-refractivity contribution in [1.82, 2.24) is 15.5 Å². The first-order valence-electron chi connectivity index (χ1n) is 11.4. The van der Waals surface area contributed by atoms with E-state index in [1.54, 1.807) is 14.2 Å². The van der Waals surface area contributed by atoms with Crippen LogP contribution in [0.25, 0.3) is 0 Å². The molecule has 3 amide bonds. The van der Waals surface area contributed by atoms with Crippen molar-refractivity contribution >= 4 is 17.6 Å². The molecule has 8 nitrogen and oxygen atoms in total. The number of nitrogens with one attached hydrogen (secondary N) is 3. The van der Waals surface area contributed by atoms with Gasteiger partial charge >= 0.3 is 6.03 Å². The van der Waals surface area contributed by atoms with Crippen LogP contribution in [0, 0.1) is 0 Å².